The first kappa shape index (κ1) is 15.5. The zero-order chi connectivity index (χ0) is 15.2. The molecule has 0 aliphatic heterocycles. The second kappa shape index (κ2) is 7.25. The molecule has 0 bridgehead atoms. The standard InChI is InChI=1S/C17H24N2O2/c1-12-8-10-15(11-9-12)19-17(21)16(20)18-13(2)14-6-4-3-5-7-14/h3-7,12-13,15H,8-11H2,1-2H3,(H,18,20)(H,19,21)/t12?,13-,15?/m1/s1. The van der Waals surface area contributed by atoms with E-state index in [0.717, 1.165) is 37.2 Å². The van der Waals surface area contributed by atoms with Crippen molar-refractivity contribution in [3.63, 3.8) is 0 Å². The van der Waals surface area contributed by atoms with E-state index in [4.69, 9.17) is 0 Å². The van der Waals surface area contributed by atoms with Crippen LogP contribution in [0.2, 0.25) is 0 Å². The minimum Gasteiger partial charge on any atom is -0.345 e. The number of carbonyl (C=O) groups excluding carboxylic acids is 2. The van der Waals surface area contributed by atoms with Crippen LogP contribution < -0.4 is 10.6 Å². The molecule has 0 saturated heterocycles. The Balaban J connectivity index is 1.81. The molecule has 1 aromatic carbocycles. The molecule has 1 saturated carbocycles. The van der Waals surface area contributed by atoms with Crippen LogP contribution >= 0.6 is 0 Å². The predicted octanol–water partition coefficient (Wildman–Crippen LogP) is 2.56. The Labute approximate surface area is 126 Å². The number of nitrogens with one attached hydrogen (secondary N) is 2. The van der Waals surface area contributed by atoms with Crippen LogP contribution in [0.1, 0.15) is 51.1 Å². The Hall–Kier alpha value is -1.84. The normalized spacial score (nSPS) is 23.1. The Morgan fingerprint density at radius 3 is 2.29 bits per heavy atom. The summed E-state index contributed by atoms with van der Waals surface area (Å²) in [6, 6.07) is 9.61. The fourth-order valence-electron chi connectivity index (χ4n) is 2.74. The number of rotatable bonds is 3. The molecule has 0 spiro atoms. The third-order valence-corrected chi connectivity index (χ3v) is 4.20. The third-order valence-electron chi connectivity index (χ3n) is 4.20. The molecule has 2 rings (SSSR count). The summed E-state index contributed by atoms with van der Waals surface area (Å²) in [5.74, 6) is -0.340. The molecule has 0 unspecified atom stereocenters. The highest BCUT2D eigenvalue weighted by atomic mass is 16.2. The van der Waals surface area contributed by atoms with Crippen LogP contribution in [0.25, 0.3) is 0 Å². The molecule has 1 fully saturated rings. The van der Waals surface area contributed by atoms with E-state index in [1.54, 1.807) is 0 Å². The first-order chi connectivity index (χ1) is 10.1. The van der Waals surface area contributed by atoms with Crippen molar-refractivity contribution < 1.29 is 9.59 Å². The molecule has 1 aliphatic carbocycles. The summed E-state index contributed by atoms with van der Waals surface area (Å²) in [7, 11) is 0. The minimum absolute atomic E-state index is 0.145. The maximum Gasteiger partial charge on any atom is 0.309 e. The van der Waals surface area contributed by atoms with Crippen LogP contribution in [0.3, 0.4) is 0 Å². The Kier molecular flexibility index (Phi) is 5.37. The van der Waals surface area contributed by atoms with E-state index >= 15 is 0 Å². The monoisotopic (exact) mass is 288 g/mol. The largest absolute Gasteiger partial charge is 0.345 e. The number of amides is 2. The molecule has 4 nitrogen and oxygen atoms in total. The summed E-state index contributed by atoms with van der Waals surface area (Å²) < 4.78 is 0. The Bertz CT molecular complexity index is 479. The topological polar surface area (TPSA) is 58.2 Å². The van der Waals surface area contributed by atoms with Gasteiger partial charge in [0.15, 0.2) is 0 Å². The van der Waals surface area contributed by atoms with Crippen molar-refractivity contribution in [1.29, 1.82) is 0 Å². The maximum atomic E-state index is 11.9. The number of hydrogen-bond donors (Lipinski definition) is 2. The van der Waals surface area contributed by atoms with Gasteiger partial charge in [0.1, 0.15) is 0 Å². The minimum atomic E-state index is -0.551. The quantitative estimate of drug-likeness (QED) is 0.840. The van der Waals surface area contributed by atoms with E-state index in [2.05, 4.69) is 17.6 Å². The molecule has 2 N–H and O–H groups in total. The lowest BCUT2D eigenvalue weighted by Crippen LogP contribution is -2.46. The average Bonchev–Trinajstić information content (AvgIpc) is 2.50. The molecule has 1 aromatic rings. The lowest BCUT2D eigenvalue weighted by Gasteiger charge is -2.26. The summed E-state index contributed by atoms with van der Waals surface area (Å²) in [5.41, 5.74) is 0.991. The zero-order valence-electron chi connectivity index (χ0n) is 12.8. The summed E-state index contributed by atoms with van der Waals surface area (Å²) in [6.07, 6.45) is 4.17. The van der Waals surface area contributed by atoms with Gasteiger partial charge in [0, 0.05) is 6.04 Å². The highest BCUT2D eigenvalue weighted by molar-refractivity contribution is 6.35. The first-order valence-electron chi connectivity index (χ1n) is 7.72. The molecule has 21 heavy (non-hydrogen) atoms. The van der Waals surface area contributed by atoms with E-state index in [1.165, 1.54) is 0 Å². The second-order valence-electron chi connectivity index (χ2n) is 6.04. The van der Waals surface area contributed by atoms with Crippen LogP contribution in [-0.4, -0.2) is 17.9 Å². The average molecular weight is 288 g/mol. The SMILES string of the molecule is CC1CCC(NC(=O)C(=O)N[C@H](C)c2ccccc2)CC1. The van der Waals surface area contributed by atoms with Gasteiger partial charge in [0.05, 0.1) is 6.04 Å². The van der Waals surface area contributed by atoms with E-state index in [1.807, 2.05) is 37.3 Å². The zero-order valence-corrected chi connectivity index (χ0v) is 12.8. The fraction of sp³-hybridized carbons (Fsp3) is 0.529. The van der Waals surface area contributed by atoms with Crippen LogP contribution in [0.4, 0.5) is 0 Å². The van der Waals surface area contributed by atoms with Gasteiger partial charge >= 0.3 is 11.8 Å². The lowest BCUT2D eigenvalue weighted by atomic mass is 9.87. The summed E-state index contributed by atoms with van der Waals surface area (Å²) in [5, 5.41) is 5.59. The van der Waals surface area contributed by atoms with E-state index in [9.17, 15) is 9.59 Å². The number of hydrogen-bond acceptors (Lipinski definition) is 2. The highest BCUT2D eigenvalue weighted by Crippen LogP contribution is 2.23. The van der Waals surface area contributed by atoms with Gasteiger partial charge in [0.2, 0.25) is 0 Å². The van der Waals surface area contributed by atoms with Gasteiger partial charge < -0.3 is 10.6 Å². The van der Waals surface area contributed by atoms with E-state index in [-0.39, 0.29) is 12.1 Å². The Morgan fingerprint density at radius 2 is 1.67 bits per heavy atom. The molecule has 2 amide bonds. The van der Waals surface area contributed by atoms with Gasteiger partial charge in [-0.15, -0.1) is 0 Å². The molecule has 1 atom stereocenters. The van der Waals surface area contributed by atoms with Crippen molar-refractivity contribution in [3.05, 3.63) is 35.9 Å². The Morgan fingerprint density at radius 1 is 1.05 bits per heavy atom. The van der Waals surface area contributed by atoms with Gasteiger partial charge in [-0.25, -0.2) is 0 Å². The first-order valence-corrected chi connectivity index (χ1v) is 7.72. The van der Waals surface area contributed by atoms with Crippen molar-refractivity contribution in [2.75, 3.05) is 0 Å². The van der Waals surface area contributed by atoms with Crippen molar-refractivity contribution in [2.24, 2.45) is 5.92 Å². The van der Waals surface area contributed by atoms with Crippen LogP contribution in [-0.2, 0) is 9.59 Å². The maximum absolute atomic E-state index is 11.9. The second-order valence-corrected chi connectivity index (χ2v) is 6.04. The van der Waals surface area contributed by atoms with Crippen LogP contribution in [0, 0.1) is 5.92 Å². The summed E-state index contributed by atoms with van der Waals surface area (Å²) in [6.45, 7) is 4.11. The van der Waals surface area contributed by atoms with Crippen LogP contribution in [0.5, 0.6) is 0 Å². The highest BCUT2D eigenvalue weighted by Gasteiger charge is 2.23. The molecule has 0 heterocycles. The summed E-state index contributed by atoms with van der Waals surface area (Å²) in [4.78, 5) is 23.9. The molecule has 0 aromatic heterocycles. The van der Waals surface area contributed by atoms with Crippen LogP contribution in [0.15, 0.2) is 30.3 Å². The molecule has 4 heteroatoms. The molecule has 114 valence electrons. The van der Waals surface area contributed by atoms with Crippen molar-refractivity contribution in [3.8, 4) is 0 Å². The van der Waals surface area contributed by atoms with Gasteiger partial charge in [-0.2, -0.15) is 0 Å². The smallest absolute Gasteiger partial charge is 0.309 e. The van der Waals surface area contributed by atoms with Gasteiger partial charge in [-0.05, 0) is 44.1 Å². The van der Waals surface area contributed by atoms with Gasteiger partial charge in [0.25, 0.3) is 0 Å². The third kappa shape index (κ3) is 4.59. The van der Waals surface area contributed by atoms with Crippen molar-refractivity contribution >= 4 is 11.8 Å². The van der Waals surface area contributed by atoms with E-state index in [0.29, 0.717) is 0 Å². The van der Waals surface area contributed by atoms with E-state index < -0.39 is 11.8 Å². The van der Waals surface area contributed by atoms with Crippen molar-refractivity contribution in [1.82, 2.24) is 10.6 Å². The summed E-state index contributed by atoms with van der Waals surface area (Å²) >= 11 is 0. The fourth-order valence-corrected chi connectivity index (χ4v) is 2.74. The van der Waals surface area contributed by atoms with Gasteiger partial charge in [-0.1, -0.05) is 37.3 Å². The van der Waals surface area contributed by atoms with Gasteiger partial charge in [-0.3, -0.25) is 9.59 Å². The lowest BCUT2D eigenvalue weighted by molar-refractivity contribution is -0.140. The molecule has 0 radical (unpaired) electrons. The molecular weight excluding hydrogens is 264 g/mol. The molecular formula is C17H24N2O2. The number of benzene rings is 1. The molecule has 1 aliphatic rings. The predicted molar refractivity (Wildman–Crippen MR) is 82.6 cm³/mol. The van der Waals surface area contributed by atoms with Crippen molar-refractivity contribution in [2.45, 2.75) is 51.6 Å². The number of carbonyl (C=O) groups is 2.